The van der Waals surface area contributed by atoms with Gasteiger partial charge in [0.05, 0.1) is 12.2 Å². The van der Waals surface area contributed by atoms with Gasteiger partial charge in [-0.3, -0.25) is 4.79 Å². The molecule has 0 aliphatic heterocycles. The average molecular weight is 312 g/mol. The van der Waals surface area contributed by atoms with Crippen molar-refractivity contribution in [3.8, 4) is 11.5 Å². The highest BCUT2D eigenvalue weighted by atomic mass is 16.5. The van der Waals surface area contributed by atoms with Crippen molar-refractivity contribution in [2.45, 2.75) is 20.3 Å². The van der Waals surface area contributed by atoms with E-state index in [9.17, 15) is 9.59 Å². The number of aldehydes is 1. The Balaban J connectivity index is 1.95. The Morgan fingerprint density at radius 1 is 1.09 bits per heavy atom. The van der Waals surface area contributed by atoms with Crippen LogP contribution in [-0.2, 0) is 0 Å². The normalized spacial score (nSPS) is 10.4. The minimum Gasteiger partial charge on any atom is -0.494 e. The summed E-state index contributed by atoms with van der Waals surface area (Å²) in [7, 11) is 0. The third-order valence-corrected chi connectivity index (χ3v) is 3.26. The van der Waals surface area contributed by atoms with E-state index < -0.39 is 5.97 Å². The quantitative estimate of drug-likeness (QED) is 0.438. The van der Waals surface area contributed by atoms with Gasteiger partial charge in [-0.25, -0.2) is 4.79 Å². The highest BCUT2D eigenvalue weighted by molar-refractivity contribution is 5.91. The van der Waals surface area contributed by atoms with Crippen molar-refractivity contribution in [3.63, 3.8) is 0 Å². The van der Waals surface area contributed by atoms with Crippen LogP contribution >= 0.6 is 0 Å². The van der Waals surface area contributed by atoms with E-state index in [0.717, 1.165) is 12.2 Å². The van der Waals surface area contributed by atoms with Crippen LogP contribution in [0.3, 0.4) is 0 Å². The fourth-order valence-corrected chi connectivity index (χ4v) is 1.92. The fourth-order valence-electron chi connectivity index (χ4n) is 1.92. The maximum absolute atomic E-state index is 12.1. The predicted molar refractivity (Wildman–Crippen MR) is 88.2 cm³/mol. The molecule has 0 spiro atoms. The summed E-state index contributed by atoms with van der Waals surface area (Å²) in [6.07, 6.45) is 1.69. The molecule has 23 heavy (non-hydrogen) atoms. The van der Waals surface area contributed by atoms with Gasteiger partial charge in [0.1, 0.15) is 17.8 Å². The number of rotatable bonds is 7. The van der Waals surface area contributed by atoms with E-state index in [1.165, 1.54) is 6.07 Å². The van der Waals surface area contributed by atoms with Gasteiger partial charge < -0.3 is 9.47 Å². The van der Waals surface area contributed by atoms with Gasteiger partial charge in [0, 0.05) is 5.56 Å². The molecule has 120 valence electrons. The molecular weight excluding hydrogens is 292 g/mol. The van der Waals surface area contributed by atoms with Gasteiger partial charge in [-0.15, -0.1) is 0 Å². The van der Waals surface area contributed by atoms with Crippen LogP contribution in [0.5, 0.6) is 11.5 Å². The van der Waals surface area contributed by atoms with Gasteiger partial charge >= 0.3 is 5.97 Å². The molecule has 2 aromatic carbocycles. The number of esters is 1. The Bertz CT molecular complexity index is 659. The summed E-state index contributed by atoms with van der Waals surface area (Å²) in [6, 6.07) is 13.3. The van der Waals surface area contributed by atoms with Crippen molar-refractivity contribution in [1.82, 2.24) is 0 Å². The Kier molecular flexibility index (Phi) is 5.92. The van der Waals surface area contributed by atoms with Crippen LogP contribution in [0.4, 0.5) is 0 Å². The van der Waals surface area contributed by atoms with Gasteiger partial charge in [0.25, 0.3) is 0 Å². The zero-order valence-corrected chi connectivity index (χ0v) is 13.3. The van der Waals surface area contributed by atoms with Crippen LogP contribution in [0.2, 0.25) is 0 Å². The molecule has 4 nitrogen and oxygen atoms in total. The second-order valence-electron chi connectivity index (χ2n) is 5.64. The second-order valence-corrected chi connectivity index (χ2v) is 5.64. The molecule has 0 aromatic heterocycles. The lowest BCUT2D eigenvalue weighted by molar-refractivity contribution is 0.0734. The maximum Gasteiger partial charge on any atom is 0.343 e. The number of carbonyl (C=O) groups excluding carboxylic acids is 2. The number of carbonyl (C=O) groups is 2. The van der Waals surface area contributed by atoms with Crippen molar-refractivity contribution >= 4 is 12.3 Å². The van der Waals surface area contributed by atoms with Crippen LogP contribution < -0.4 is 9.47 Å². The Hall–Kier alpha value is -2.62. The second kappa shape index (κ2) is 8.13. The molecule has 0 radical (unpaired) electrons. The van der Waals surface area contributed by atoms with Crippen LogP contribution in [-0.4, -0.2) is 18.9 Å². The molecule has 0 fully saturated rings. The Labute approximate surface area is 136 Å². The first kappa shape index (κ1) is 16.7. The van der Waals surface area contributed by atoms with E-state index in [1.54, 1.807) is 42.5 Å². The lowest BCUT2D eigenvalue weighted by Crippen LogP contribution is -2.08. The summed E-state index contributed by atoms with van der Waals surface area (Å²) in [5, 5.41) is 0. The number of hydrogen-bond acceptors (Lipinski definition) is 4. The molecule has 0 bridgehead atoms. The highest BCUT2D eigenvalue weighted by Crippen LogP contribution is 2.17. The molecule has 0 aliphatic rings. The van der Waals surface area contributed by atoms with Gasteiger partial charge in [0.2, 0.25) is 0 Å². The largest absolute Gasteiger partial charge is 0.494 e. The topological polar surface area (TPSA) is 52.6 Å². The molecule has 4 heteroatoms. The summed E-state index contributed by atoms with van der Waals surface area (Å²) < 4.78 is 10.9. The molecule has 0 atom stereocenters. The van der Waals surface area contributed by atoms with Crippen molar-refractivity contribution in [3.05, 3.63) is 59.7 Å². The van der Waals surface area contributed by atoms with Crippen LogP contribution in [0.25, 0.3) is 0 Å². The monoisotopic (exact) mass is 312 g/mol. The number of benzene rings is 2. The van der Waals surface area contributed by atoms with E-state index in [0.29, 0.717) is 35.7 Å². The van der Waals surface area contributed by atoms with Crippen LogP contribution in [0.1, 0.15) is 41.0 Å². The molecule has 0 saturated carbocycles. The van der Waals surface area contributed by atoms with E-state index in [1.807, 2.05) is 0 Å². The molecular formula is C19H20O4. The molecule has 2 rings (SSSR count). The van der Waals surface area contributed by atoms with Gasteiger partial charge in [-0.2, -0.15) is 0 Å². The first-order valence-corrected chi connectivity index (χ1v) is 7.59. The summed E-state index contributed by atoms with van der Waals surface area (Å²) in [6.45, 7) is 4.93. The predicted octanol–water partition coefficient (Wildman–Crippen LogP) is 4.14. The lowest BCUT2D eigenvalue weighted by Gasteiger charge is -2.09. The van der Waals surface area contributed by atoms with Gasteiger partial charge in [-0.1, -0.05) is 26.0 Å². The van der Waals surface area contributed by atoms with Crippen LogP contribution in [0, 0.1) is 5.92 Å². The summed E-state index contributed by atoms with van der Waals surface area (Å²) in [5.41, 5.74) is 0.891. The third kappa shape index (κ3) is 5.25. The molecule has 0 N–H and O–H groups in total. The van der Waals surface area contributed by atoms with Crippen molar-refractivity contribution < 1.29 is 19.1 Å². The van der Waals surface area contributed by atoms with Crippen molar-refractivity contribution in [2.24, 2.45) is 5.92 Å². The average Bonchev–Trinajstić information content (AvgIpc) is 2.55. The summed E-state index contributed by atoms with van der Waals surface area (Å²) >= 11 is 0. The zero-order chi connectivity index (χ0) is 16.7. The SMILES string of the molecule is CC(C)CCOc1ccc(C(=O)Oc2cccc(C=O)c2)cc1. The summed E-state index contributed by atoms with van der Waals surface area (Å²) in [5.74, 6) is 1.19. The molecule has 0 heterocycles. The lowest BCUT2D eigenvalue weighted by atomic mass is 10.1. The van der Waals surface area contributed by atoms with Gasteiger partial charge in [-0.05, 0) is 48.7 Å². The van der Waals surface area contributed by atoms with Crippen molar-refractivity contribution in [1.29, 1.82) is 0 Å². The van der Waals surface area contributed by atoms with Crippen LogP contribution in [0.15, 0.2) is 48.5 Å². The highest BCUT2D eigenvalue weighted by Gasteiger charge is 2.09. The van der Waals surface area contributed by atoms with E-state index >= 15 is 0 Å². The van der Waals surface area contributed by atoms with E-state index in [2.05, 4.69) is 13.8 Å². The molecule has 0 aliphatic carbocycles. The fraction of sp³-hybridized carbons (Fsp3) is 0.263. The van der Waals surface area contributed by atoms with Crippen molar-refractivity contribution in [2.75, 3.05) is 6.61 Å². The van der Waals surface area contributed by atoms with Gasteiger partial charge in [0.15, 0.2) is 0 Å². The minimum absolute atomic E-state index is 0.344. The number of ether oxygens (including phenoxy) is 2. The smallest absolute Gasteiger partial charge is 0.343 e. The maximum atomic E-state index is 12.1. The molecule has 0 amide bonds. The Morgan fingerprint density at radius 3 is 2.48 bits per heavy atom. The molecule has 2 aromatic rings. The Morgan fingerprint density at radius 2 is 1.83 bits per heavy atom. The van der Waals surface area contributed by atoms with E-state index in [4.69, 9.17) is 9.47 Å². The third-order valence-electron chi connectivity index (χ3n) is 3.26. The summed E-state index contributed by atoms with van der Waals surface area (Å²) in [4.78, 5) is 22.8. The number of hydrogen-bond donors (Lipinski definition) is 0. The standard InChI is InChI=1S/C19H20O4/c1-14(2)10-11-22-17-8-6-16(7-9-17)19(21)23-18-5-3-4-15(12-18)13-20/h3-9,12-14H,10-11H2,1-2H3. The first-order valence-electron chi connectivity index (χ1n) is 7.59. The minimum atomic E-state index is -0.471. The molecule has 0 saturated heterocycles. The van der Waals surface area contributed by atoms with E-state index in [-0.39, 0.29) is 0 Å². The first-order chi connectivity index (χ1) is 11.1. The zero-order valence-electron chi connectivity index (χ0n) is 13.3. The molecule has 0 unspecified atom stereocenters.